The van der Waals surface area contributed by atoms with Crippen LogP contribution in [0.4, 0.5) is 26.3 Å². The normalized spacial score (nSPS) is 15.9. The van der Waals surface area contributed by atoms with Gasteiger partial charge in [-0.3, -0.25) is 18.8 Å². The molecule has 1 saturated carbocycles. The first-order chi connectivity index (χ1) is 46.3. The fourth-order valence-electron chi connectivity index (χ4n) is 11.0. The van der Waals surface area contributed by atoms with Gasteiger partial charge in [-0.2, -0.15) is 41.6 Å². The van der Waals surface area contributed by atoms with Crippen molar-refractivity contribution in [3.05, 3.63) is 196 Å². The zero-order valence-electron chi connectivity index (χ0n) is 55.0. The fourth-order valence-corrected chi connectivity index (χ4v) is 11.6. The molecule has 0 unspecified atom stereocenters. The predicted octanol–water partition coefficient (Wildman–Crippen LogP) is 14.2. The topological polar surface area (TPSA) is 197 Å². The van der Waals surface area contributed by atoms with E-state index in [1.54, 1.807) is 39.7 Å². The van der Waals surface area contributed by atoms with Crippen LogP contribution < -0.4 is 15.5 Å². The van der Waals surface area contributed by atoms with Crippen molar-refractivity contribution in [2.75, 3.05) is 26.2 Å². The van der Waals surface area contributed by atoms with Crippen molar-refractivity contribution in [2.45, 2.75) is 108 Å². The van der Waals surface area contributed by atoms with E-state index >= 15 is 8.78 Å². The Morgan fingerprint density at radius 2 is 1.09 bits per heavy atom. The van der Waals surface area contributed by atoms with E-state index < -0.39 is 82.8 Å². The summed E-state index contributed by atoms with van der Waals surface area (Å²) >= 11 is 9.80. The summed E-state index contributed by atoms with van der Waals surface area (Å²) in [4.78, 5) is 37.1. The number of carbonyl (C=O) groups is 3. The molecule has 3 aromatic heterocycles. The molecule has 98 heavy (non-hydrogen) atoms. The SMILES string of the molecule is CCOC(=O)C(F)(F)c1ccc(B2OC(C)(C)C(C)(C)O2)cc1.Cn1cc2ccc(-c3ccc(C(F)(F)C(=O)N[C@H](CN4CCCC4)[C@H](O)c4ccc(OC5CC5)c(Cl)c4)cc3)cc2n1.Cn1cc2ccc(-c3ccc(C(F)(F)C(=O)O)cc3)cc2n1.Cn1cc2ccc(Br)cc2n1. The first-order valence-electron chi connectivity index (χ1n) is 31.7. The monoisotopic (exact) mass is 1430 g/mol. The zero-order chi connectivity index (χ0) is 70.6. The summed E-state index contributed by atoms with van der Waals surface area (Å²) < 4.78 is 114. The van der Waals surface area contributed by atoms with Crippen LogP contribution in [0.15, 0.2) is 169 Å². The number of aryl methyl sites for hydroxylation is 3. The van der Waals surface area contributed by atoms with Gasteiger partial charge in [-0.1, -0.05) is 137 Å². The zero-order valence-corrected chi connectivity index (χ0v) is 57.3. The van der Waals surface area contributed by atoms with Gasteiger partial charge in [0.2, 0.25) is 0 Å². The first kappa shape index (κ1) is 72.2. The van der Waals surface area contributed by atoms with Crippen molar-refractivity contribution in [3.63, 3.8) is 0 Å². The number of carboxylic acids is 1. The third kappa shape index (κ3) is 16.7. The van der Waals surface area contributed by atoms with Crippen LogP contribution in [0.2, 0.25) is 5.02 Å². The molecule has 3 fully saturated rings. The lowest BCUT2D eigenvalue weighted by Crippen LogP contribution is -2.50. The molecule has 0 radical (unpaired) electrons. The van der Waals surface area contributed by atoms with Gasteiger partial charge in [-0.25, -0.2) is 9.59 Å². The van der Waals surface area contributed by atoms with Crippen LogP contribution in [0.3, 0.4) is 0 Å². The Balaban J connectivity index is 0.000000157. The van der Waals surface area contributed by atoms with Crippen LogP contribution in [-0.2, 0) is 67.3 Å². The maximum absolute atomic E-state index is 15.5. The summed E-state index contributed by atoms with van der Waals surface area (Å²) in [5, 5.41) is 38.7. The number of nitrogens with zero attached hydrogens (tertiary/aromatic N) is 7. The quantitative estimate of drug-likeness (QED) is 0.0443. The predicted molar refractivity (Wildman–Crippen MR) is 366 cm³/mol. The number of nitrogens with one attached hydrogen (secondary N) is 1. The largest absolute Gasteiger partial charge is 0.494 e. The number of halogens is 8. The summed E-state index contributed by atoms with van der Waals surface area (Å²) in [6, 6.07) is 37.6. The van der Waals surface area contributed by atoms with E-state index in [1.165, 1.54) is 60.8 Å². The van der Waals surface area contributed by atoms with Crippen molar-refractivity contribution < 1.29 is 69.7 Å². The maximum Gasteiger partial charge on any atom is 0.494 e. The molecular formula is C72H73BBrClF6N8O9. The van der Waals surface area contributed by atoms with Gasteiger partial charge in [0.25, 0.3) is 5.91 Å². The summed E-state index contributed by atoms with van der Waals surface area (Å²) in [7, 11) is 4.95. The molecule has 3 N–H and O–H groups in total. The number of alkyl halides is 6. The molecule has 17 nitrogen and oxygen atoms in total. The molecule has 1 amide bonds. The van der Waals surface area contributed by atoms with E-state index in [0.717, 1.165) is 105 Å². The summed E-state index contributed by atoms with van der Waals surface area (Å²) in [6.45, 7) is 10.8. The Bertz CT molecular complexity index is 4470. The van der Waals surface area contributed by atoms with E-state index in [-0.39, 0.29) is 19.3 Å². The minimum Gasteiger partial charge on any atom is -0.489 e. The number of ether oxygens (including phenoxy) is 2. The first-order valence-corrected chi connectivity index (χ1v) is 32.8. The van der Waals surface area contributed by atoms with Crippen LogP contribution in [0.1, 0.15) is 88.7 Å². The molecule has 2 saturated heterocycles. The number of aliphatic hydroxyl groups excluding tert-OH is 1. The van der Waals surface area contributed by atoms with E-state index in [0.29, 0.717) is 21.8 Å². The highest BCUT2D eigenvalue weighted by Gasteiger charge is 2.52. The highest BCUT2D eigenvalue weighted by molar-refractivity contribution is 9.10. The van der Waals surface area contributed by atoms with E-state index in [4.69, 9.17) is 30.8 Å². The molecule has 5 heterocycles. The number of aliphatic hydroxyl groups is 1. The number of esters is 1. The Hall–Kier alpha value is -8.59. The Morgan fingerprint density at radius 3 is 1.56 bits per heavy atom. The molecule has 26 heteroatoms. The number of fused-ring (bicyclic) bond motifs is 3. The minimum absolute atomic E-state index is 0.0968. The van der Waals surface area contributed by atoms with Gasteiger partial charge in [0.05, 0.1) is 51.5 Å². The van der Waals surface area contributed by atoms with Crippen molar-refractivity contribution in [1.29, 1.82) is 0 Å². The lowest BCUT2D eigenvalue weighted by molar-refractivity contribution is -0.173. The van der Waals surface area contributed by atoms with Gasteiger partial charge >= 0.3 is 36.8 Å². The van der Waals surface area contributed by atoms with Crippen molar-refractivity contribution >= 4 is 90.7 Å². The summed E-state index contributed by atoms with van der Waals surface area (Å²) in [6.07, 6.45) is 8.60. The van der Waals surface area contributed by atoms with Crippen molar-refractivity contribution in [3.8, 4) is 28.0 Å². The van der Waals surface area contributed by atoms with Crippen LogP contribution in [-0.4, -0.2) is 119 Å². The average molecular weight is 1430 g/mol. The third-order valence-corrected chi connectivity index (χ3v) is 18.1. The Morgan fingerprint density at radius 1 is 0.643 bits per heavy atom. The third-order valence-electron chi connectivity index (χ3n) is 17.3. The highest BCUT2D eigenvalue weighted by Crippen LogP contribution is 2.39. The van der Waals surface area contributed by atoms with E-state index in [1.807, 2.05) is 127 Å². The molecule has 3 aliphatic rings. The Kier molecular flexibility index (Phi) is 21.7. The standard InChI is InChI=1S/C32H33ClF2N4O3.C16H21BF2O4.C16H12F2N2O2.C8H7BrN2/c1-38-18-23-5-4-21(17-27(23)37-38)20-6-9-24(10-7-20)32(34,35)31(41)36-28(19-39-14-2-3-15-39)30(40)22-8-13-29(26(33)16-22)42-25-11-12-25;1-6-21-13(20)16(18,19)11-7-9-12(10-8-11)17-22-14(2,3)15(4,5)23-17;1-20-9-12-3-2-11(8-14(12)19-20)10-4-6-13(7-5-10)16(17,18)15(21)22;1-11-5-6-2-3-7(9)4-8(6)10-11/h4-10,13,16-18,25,28,30,40H,2-3,11-12,14-15,19H2,1H3,(H,36,41);7-10H,6H2,1-5H3;2-9H,1H3,(H,21,22);2-5H,1H3/t28-,30-;;;/m1.../s1. The molecule has 1 aliphatic carbocycles. The van der Waals surface area contributed by atoms with Crippen molar-refractivity contribution in [2.24, 2.45) is 21.1 Å². The van der Waals surface area contributed by atoms with Crippen LogP contribution >= 0.6 is 27.5 Å². The van der Waals surface area contributed by atoms with E-state index in [2.05, 4.69) is 46.2 Å². The van der Waals surface area contributed by atoms with Crippen LogP contribution in [0, 0.1) is 0 Å². The van der Waals surface area contributed by atoms with Gasteiger partial charge in [-0.05, 0) is 143 Å². The van der Waals surface area contributed by atoms with Crippen LogP contribution in [0.25, 0.3) is 55.0 Å². The van der Waals surface area contributed by atoms with Gasteiger partial charge in [0, 0.05) is 83.6 Å². The second-order valence-corrected chi connectivity index (χ2v) is 26.6. The van der Waals surface area contributed by atoms with Gasteiger partial charge in [-0.15, -0.1) is 0 Å². The summed E-state index contributed by atoms with van der Waals surface area (Å²) in [5.41, 5.74) is 4.39. The molecule has 2 atom stereocenters. The number of aliphatic carboxylic acids is 1. The number of amides is 1. The molecule has 514 valence electrons. The number of hydrogen-bond donors (Lipinski definition) is 3. The number of carboxylic acid groups (broad SMARTS) is 1. The van der Waals surface area contributed by atoms with Gasteiger partial charge in [0.1, 0.15) is 11.9 Å². The lowest BCUT2D eigenvalue weighted by atomic mass is 9.78. The molecule has 0 bridgehead atoms. The average Bonchev–Trinajstić information content (AvgIpc) is 1.06. The Labute approximate surface area is 575 Å². The number of likely N-dealkylation sites (tertiary alicyclic amines) is 1. The molecule has 7 aromatic carbocycles. The molecule has 10 aromatic rings. The summed E-state index contributed by atoms with van der Waals surface area (Å²) in [5.74, 6) is -16.0. The number of aromatic nitrogens is 6. The lowest BCUT2D eigenvalue weighted by Gasteiger charge is -2.32. The number of rotatable bonds is 17. The number of hydrogen-bond acceptors (Lipinski definition) is 12. The highest BCUT2D eigenvalue weighted by atomic mass is 79.9. The number of benzene rings is 7. The maximum atomic E-state index is 15.5. The number of carbonyl (C=O) groups excluding carboxylic acids is 2. The van der Waals surface area contributed by atoms with Crippen molar-refractivity contribution in [1.82, 2.24) is 39.6 Å². The molecule has 13 rings (SSSR count). The van der Waals surface area contributed by atoms with E-state index in [9.17, 15) is 37.1 Å². The van der Waals surface area contributed by atoms with Gasteiger partial charge < -0.3 is 39.2 Å². The fraction of sp³-hybridized carbons (Fsp3) is 0.333. The molecule has 2 aliphatic heterocycles. The smallest absolute Gasteiger partial charge is 0.489 e. The van der Waals surface area contributed by atoms with Gasteiger partial charge in [0.15, 0.2) is 0 Å². The molecular weight excluding hydrogens is 1360 g/mol. The van der Waals surface area contributed by atoms with Crippen LogP contribution in [0.5, 0.6) is 5.75 Å². The second-order valence-electron chi connectivity index (χ2n) is 25.3. The minimum atomic E-state index is -3.89. The molecule has 0 spiro atoms. The second kappa shape index (κ2) is 29.5.